The van der Waals surface area contributed by atoms with Crippen molar-refractivity contribution in [2.45, 2.75) is 32.4 Å². The first-order valence-electron chi connectivity index (χ1n) is 7.91. The molecule has 1 saturated heterocycles. The average Bonchev–Trinajstić information content (AvgIpc) is 3.00. The third-order valence-corrected chi connectivity index (χ3v) is 4.46. The Kier molecular flexibility index (Phi) is 6.02. The van der Waals surface area contributed by atoms with Crippen LogP contribution in [-0.2, 0) is 14.3 Å². The molecule has 1 fully saturated rings. The summed E-state index contributed by atoms with van der Waals surface area (Å²) in [5.41, 5.74) is 0.576. The van der Waals surface area contributed by atoms with Gasteiger partial charge in [-0.05, 0) is 18.2 Å². The number of amides is 2. The second-order valence-electron chi connectivity index (χ2n) is 6.24. The Morgan fingerprint density at radius 3 is 2.60 bits per heavy atom. The highest BCUT2D eigenvalue weighted by atomic mass is 35.5. The summed E-state index contributed by atoms with van der Waals surface area (Å²) in [7, 11) is 1.48. The number of carbonyl (C=O) groups excluding carboxylic acids is 2. The molecule has 1 aliphatic rings. The van der Waals surface area contributed by atoms with E-state index in [9.17, 15) is 19.5 Å². The first-order chi connectivity index (χ1) is 11.7. The van der Waals surface area contributed by atoms with Gasteiger partial charge in [0, 0.05) is 31.7 Å². The fourth-order valence-electron chi connectivity index (χ4n) is 2.63. The number of halogens is 1. The van der Waals surface area contributed by atoms with Crippen molar-refractivity contribution >= 4 is 35.1 Å². The molecule has 0 spiro atoms. The maximum absolute atomic E-state index is 12.8. The van der Waals surface area contributed by atoms with Crippen LogP contribution >= 0.6 is 11.6 Å². The number of ether oxygens (including phenoxy) is 1. The van der Waals surface area contributed by atoms with E-state index in [4.69, 9.17) is 16.3 Å². The van der Waals surface area contributed by atoms with Gasteiger partial charge in [-0.2, -0.15) is 0 Å². The molecule has 2 amide bonds. The Hall–Kier alpha value is -2.12. The standard InChI is InChI=1S/C17H21ClN2O5/c1-9(2)15(21)19-10-4-5-13(18)12(6-10)16(22)20-8-11(25-3)7-14(20)17(23)24/h4-6,9,11,14H,7-8H2,1-3H3,(H,19,21)(H,23,24). The quantitative estimate of drug-likeness (QED) is 0.831. The number of nitrogens with one attached hydrogen (secondary N) is 1. The van der Waals surface area contributed by atoms with Gasteiger partial charge >= 0.3 is 5.97 Å². The van der Waals surface area contributed by atoms with E-state index < -0.39 is 17.9 Å². The van der Waals surface area contributed by atoms with Crippen LogP contribution in [0.25, 0.3) is 0 Å². The van der Waals surface area contributed by atoms with Crippen molar-refractivity contribution in [3.05, 3.63) is 28.8 Å². The molecule has 7 nitrogen and oxygen atoms in total. The van der Waals surface area contributed by atoms with Crippen molar-refractivity contribution in [2.75, 3.05) is 19.0 Å². The number of rotatable bonds is 5. The van der Waals surface area contributed by atoms with E-state index >= 15 is 0 Å². The Labute approximate surface area is 150 Å². The lowest BCUT2D eigenvalue weighted by molar-refractivity contribution is -0.141. The van der Waals surface area contributed by atoms with E-state index in [0.29, 0.717) is 5.69 Å². The molecule has 136 valence electrons. The van der Waals surface area contributed by atoms with Gasteiger partial charge in [0.2, 0.25) is 5.91 Å². The predicted octanol–water partition coefficient (Wildman–Crippen LogP) is 2.25. The number of likely N-dealkylation sites (tertiary alicyclic amines) is 1. The van der Waals surface area contributed by atoms with Crippen LogP contribution in [0.4, 0.5) is 5.69 Å². The van der Waals surface area contributed by atoms with Gasteiger partial charge in [-0.15, -0.1) is 0 Å². The lowest BCUT2D eigenvalue weighted by Crippen LogP contribution is -2.40. The molecule has 1 aliphatic heterocycles. The number of carboxylic acids is 1. The van der Waals surface area contributed by atoms with Crippen LogP contribution in [0.2, 0.25) is 5.02 Å². The maximum atomic E-state index is 12.8. The van der Waals surface area contributed by atoms with Crippen molar-refractivity contribution < 1.29 is 24.2 Å². The topological polar surface area (TPSA) is 95.9 Å². The Bertz CT molecular complexity index is 692. The van der Waals surface area contributed by atoms with Crippen molar-refractivity contribution in [2.24, 2.45) is 5.92 Å². The smallest absolute Gasteiger partial charge is 0.326 e. The number of aliphatic carboxylic acids is 1. The zero-order valence-electron chi connectivity index (χ0n) is 14.3. The number of benzene rings is 1. The van der Waals surface area contributed by atoms with E-state index in [1.54, 1.807) is 19.9 Å². The molecule has 2 rings (SSSR count). The zero-order chi connectivity index (χ0) is 18.7. The Morgan fingerprint density at radius 2 is 2.04 bits per heavy atom. The molecule has 0 radical (unpaired) electrons. The largest absolute Gasteiger partial charge is 0.480 e. The van der Waals surface area contributed by atoms with E-state index in [1.165, 1.54) is 24.1 Å². The van der Waals surface area contributed by atoms with Crippen LogP contribution in [0.5, 0.6) is 0 Å². The summed E-state index contributed by atoms with van der Waals surface area (Å²) in [6.07, 6.45) is -0.119. The number of anilines is 1. The zero-order valence-corrected chi connectivity index (χ0v) is 15.0. The lowest BCUT2D eigenvalue weighted by atomic mass is 10.1. The molecule has 1 aromatic carbocycles. The maximum Gasteiger partial charge on any atom is 0.326 e. The highest BCUT2D eigenvalue weighted by Gasteiger charge is 2.40. The minimum Gasteiger partial charge on any atom is -0.480 e. The van der Waals surface area contributed by atoms with E-state index in [2.05, 4.69) is 5.32 Å². The molecule has 0 bridgehead atoms. The molecule has 0 saturated carbocycles. The minimum absolute atomic E-state index is 0.145. The van der Waals surface area contributed by atoms with Gasteiger partial charge in [0.25, 0.3) is 5.91 Å². The summed E-state index contributed by atoms with van der Waals surface area (Å²) in [4.78, 5) is 37.3. The Morgan fingerprint density at radius 1 is 1.36 bits per heavy atom. The van der Waals surface area contributed by atoms with Crippen LogP contribution < -0.4 is 5.32 Å². The van der Waals surface area contributed by atoms with E-state index in [1.807, 2.05) is 0 Å². The van der Waals surface area contributed by atoms with Gasteiger partial charge in [0.05, 0.1) is 16.7 Å². The van der Waals surface area contributed by atoms with Gasteiger partial charge < -0.3 is 20.1 Å². The lowest BCUT2D eigenvalue weighted by Gasteiger charge is -2.22. The number of hydrogen-bond donors (Lipinski definition) is 2. The first kappa shape index (κ1) is 19.2. The first-order valence-corrected chi connectivity index (χ1v) is 8.29. The monoisotopic (exact) mass is 368 g/mol. The summed E-state index contributed by atoms with van der Waals surface area (Å²) < 4.78 is 5.19. The number of carboxylic acid groups (broad SMARTS) is 1. The SMILES string of the molecule is COC1CC(C(=O)O)N(C(=O)c2cc(NC(=O)C(C)C)ccc2Cl)C1. The van der Waals surface area contributed by atoms with Gasteiger partial charge in [0.15, 0.2) is 0 Å². The molecule has 2 N–H and O–H groups in total. The Balaban J connectivity index is 2.28. The highest BCUT2D eigenvalue weighted by molar-refractivity contribution is 6.34. The van der Waals surface area contributed by atoms with Crippen LogP contribution in [0.3, 0.4) is 0 Å². The van der Waals surface area contributed by atoms with Crippen LogP contribution in [-0.4, -0.2) is 53.6 Å². The minimum atomic E-state index is -1.09. The van der Waals surface area contributed by atoms with Gasteiger partial charge in [0.1, 0.15) is 6.04 Å². The molecule has 0 aliphatic carbocycles. The van der Waals surface area contributed by atoms with Gasteiger partial charge in [-0.3, -0.25) is 9.59 Å². The average molecular weight is 369 g/mol. The molecular formula is C17H21ClN2O5. The summed E-state index contributed by atoms with van der Waals surface area (Å²) in [5, 5.41) is 12.2. The summed E-state index contributed by atoms with van der Waals surface area (Å²) in [6, 6.07) is 3.59. The summed E-state index contributed by atoms with van der Waals surface area (Å²) in [6.45, 7) is 3.68. The second kappa shape index (κ2) is 7.84. The number of carbonyl (C=O) groups is 3. The van der Waals surface area contributed by atoms with Crippen LogP contribution in [0, 0.1) is 5.92 Å². The third-order valence-electron chi connectivity index (χ3n) is 4.13. The van der Waals surface area contributed by atoms with Crippen molar-refractivity contribution in [3.8, 4) is 0 Å². The molecule has 8 heteroatoms. The number of methoxy groups -OCH3 is 1. The van der Waals surface area contributed by atoms with Gasteiger partial charge in [-0.1, -0.05) is 25.4 Å². The van der Waals surface area contributed by atoms with Gasteiger partial charge in [-0.25, -0.2) is 4.79 Å². The third kappa shape index (κ3) is 4.29. The molecule has 1 aromatic rings. The van der Waals surface area contributed by atoms with Crippen LogP contribution in [0.1, 0.15) is 30.6 Å². The fraction of sp³-hybridized carbons (Fsp3) is 0.471. The molecule has 2 atom stereocenters. The molecular weight excluding hydrogens is 348 g/mol. The highest BCUT2D eigenvalue weighted by Crippen LogP contribution is 2.27. The van der Waals surface area contributed by atoms with E-state index in [0.717, 1.165) is 0 Å². The molecule has 2 unspecified atom stereocenters. The molecule has 25 heavy (non-hydrogen) atoms. The summed E-state index contributed by atoms with van der Waals surface area (Å²) >= 11 is 6.13. The summed E-state index contributed by atoms with van der Waals surface area (Å²) in [5.74, 6) is -2.00. The van der Waals surface area contributed by atoms with E-state index in [-0.39, 0.29) is 41.5 Å². The molecule has 1 heterocycles. The fourth-order valence-corrected chi connectivity index (χ4v) is 2.83. The van der Waals surface area contributed by atoms with Crippen molar-refractivity contribution in [1.82, 2.24) is 4.90 Å². The number of hydrogen-bond acceptors (Lipinski definition) is 4. The van der Waals surface area contributed by atoms with Crippen molar-refractivity contribution in [3.63, 3.8) is 0 Å². The van der Waals surface area contributed by atoms with Crippen molar-refractivity contribution in [1.29, 1.82) is 0 Å². The predicted molar refractivity (Wildman–Crippen MR) is 92.8 cm³/mol. The molecule has 0 aromatic heterocycles. The normalized spacial score (nSPS) is 20.0. The van der Waals surface area contributed by atoms with Crippen LogP contribution in [0.15, 0.2) is 18.2 Å². The second-order valence-corrected chi connectivity index (χ2v) is 6.65. The number of nitrogens with zero attached hydrogens (tertiary/aromatic N) is 1.